The van der Waals surface area contributed by atoms with Gasteiger partial charge in [0.25, 0.3) is 0 Å². The smallest absolute Gasteiger partial charge is 0.0320 e. The molecular weight excluding hydrogens is 326 g/mol. The van der Waals surface area contributed by atoms with Crippen molar-refractivity contribution in [1.29, 1.82) is 0 Å². The van der Waals surface area contributed by atoms with Gasteiger partial charge >= 0.3 is 0 Å². The summed E-state index contributed by atoms with van der Waals surface area (Å²) in [4.78, 5) is 0. The first-order chi connectivity index (χ1) is 13.3. The fourth-order valence-electron chi connectivity index (χ4n) is 4.05. The molecule has 0 fully saturated rings. The van der Waals surface area contributed by atoms with Crippen molar-refractivity contribution in [3.63, 3.8) is 0 Å². The first-order valence-corrected chi connectivity index (χ1v) is 9.18. The Morgan fingerprint density at radius 1 is 0.407 bits per heavy atom. The average Bonchev–Trinajstić information content (AvgIpc) is 2.72. The second-order valence-electron chi connectivity index (χ2n) is 6.83. The van der Waals surface area contributed by atoms with E-state index in [9.17, 15) is 0 Å². The Morgan fingerprint density at radius 2 is 0.852 bits per heavy atom. The molecule has 2 N–H and O–H groups in total. The molecule has 0 unspecified atom stereocenters. The van der Waals surface area contributed by atoms with Crippen molar-refractivity contribution in [2.75, 3.05) is 5.73 Å². The van der Waals surface area contributed by atoms with E-state index in [0.717, 1.165) is 11.3 Å². The lowest BCUT2D eigenvalue weighted by molar-refractivity contribution is 1.64. The van der Waals surface area contributed by atoms with E-state index >= 15 is 0 Å². The third-order valence-electron chi connectivity index (χ3n) is 5.17. The highest BCUT2D eigenvalue weighted by molar-refractivity contribution is 6.21. The van der Waals surface area contributed by atoms with Gasteiger partial charge < -0.3 is 5.73 Å². The van der Waals surface area contributed by atoms with Crippen LogP contribution in [-0.4, -0.2) is 0 Å². The quantitative estimate of drug-likeness (QED) is 0.273. The minimum absolute atomic E-state index is 0.785. The number of fused-ring (bicyclic) bond motifs is 2. The van der Waals surface area contributed by atoms with Gasteiger partial charge in [-0.1, -0.05) is 91.0 Å². The van der Waals surface area contributed by atoms with Crippen molar-refractivity contribution in [1.82, 2.24) is 0 Å². The van der Waals surface area contributed by atoms with Crippen molar-refractivity contribution < 1.29 is 0 Å². The first-order valence-electron chi connectivity index (χ1n) is 9.18. The summed E-state index contributed by atoms with van der Waals surface area (Å²) in [6, 6.07) is 36.2. The van der Waals surface area contributed by atoms with Crippen molar-refractivity contribution in [3.8, 4) is 22.3 Å². The summed E-state index contributed by atoms with van der Waals surface area (Å²) in [5.41, 5.74) is 11.8. The van der Waals surface area contributed by atoms with Gasteiger partial charge in [0.2, 0.25) is 0 Å². The summed E-state index contributed by atoms with van der Waals surface area (Å²) >= 11 is 0. The predicted molar refractivity (Wildman–Crippen MR) is 117 cm³/mol. The monoisotopic (exact) mass is 345 g/mol. The Balaban J connectivity index is 2.01. The van der Waals surface area contributed by atoms with Gasteiger partial charge in [0, 0.05) is 5.69 Å². The van der Waals surface area contributed by atoms with Crippen LogP contribution in [0.4, 0.5) is 5.69 Å². The number of rotatable bonds is 2. The highest BCUT2D eigenvalue weighted by atomic mass is 14.5. The molecule has 0 aliphatic heterocycles. The van der Waals surface area contributed by atoms with Crippen molar-refractivity contribution in [3.05, 3.63) is 103 Å². The van der Waals surface area contributed by atoms with Crippen LogP contribution in [0.3, 0.4) is 0 Å². The van der Waals surface area contributed by atoms with Gasteiger partial charge in [-0.05, 0) is 55.9 Å². The minimum Gasteiger partial charge on any atom is -0.399 e. The molecule has 0 aliphatic carbocycles. The summed E-state index contributed by atoms with van der Waals surface area (Å²) in [5.74, 6) is 0. The zero-order valence-electron chi connectivity index (χ0n) is 14.9. The van der Waals surface area contributed by atoms with Crippen LogP contribution >= 0.6 is 0 Å². The molecule has 0 atom stereocenters. The van der Waals surface area contributed by atoms with Crippen LogP contribution in [0, 0.1) is 0 Å². The van der Waals surface area contributed by atoms with E-state index in [2.05, 4.69) is 91.0 Å². The van der Waals surface area contributed by atoms with Crippen molar-refractivity contribution in [2.24, 2.45) is 0 Å². The van der Waals surface area contributed by atoms with Crippen LogP contribution in [0.5, 0.6) is 0 Å². The van der Waals surface area contributed by atoms with Gasteiger partial charge in [0.15, 0.2) is 0 Å². The average molecular weight is 345 g/mol. The van der Waals surface area contributed by atoms with E-state index in [1.807, 2.05) is 12.1 Å². The van der Waals surface area contributed by atoms with E-state index < -0.39 is 0 Å². The van der Waals surface area contributed by atoms with E-state index in [4.69, 9.17) is 5.73 Å². The second-order valence-corrected chi connectivity index (χ2v) is 6.83. The van der Waals surface area contributed by atoms with Gasteiger partial charge in [-0.3, -0.25) is 0 Å². The highest BCUT2D eigenvalue weighted by Crippen LogP contribution is 2.43. The maximum atomic E-state index is 6.11. The zero-order valence-corrected chi connectivity index (χ0v) is 14.9. The first kappa shape index (κ1) is 15.7. The molecule has 0 aliphatic rings. The Kier molecular flexibility index (Phi) is 3.65. The van der Waals surface area contributed by atoms with Crippen molar-refractivity contribution in [2.45, 2.75) is 0 Å². The molecule has 0 spiro atoms. The third kappa shape index (κ3) is 2.56. The molecule has 5 rings (SSSR count). The van der Waals surface area contributed by atoms with Crippen LogP contribution in [0.15, 0.2) is 103 Å². The molecule has 5 aromatic carbocycles. The largest absolute Gasteiger partial charge is 0.399 e. The normalized spacial score (nSPS) is 11.1. The molecule has 1 nitrogen and oxygen atoms in total. The van der Waals surface area contributed by atoms with Gasteiger partial charge in [0.05, 0.1) is 0 Å². The van der Waals surface area contributed by atoms with E-state index in [0.29, 0.717) is 0 Å². The molecule has 0 amide bonds. The molecule has 5 aromatic rings. The standard InChI is InChI=1S/C26H19N/c27-20-12-8-11-19(17-20)26-23-15-6-4-13-21(23)25(18-9-2-1-3-10-18)22-14-5-7-16-24(22)26/h1-17H,27H2. The Hall–Kier alpha value is -3.58. The number of nitrogen functional groups attached to an aromatic ring is 1. The van der Waals surface area contributed by atoms with Crippen LogP contribution in [0.1, 0.15) is 0 Å². The summed E-state index contributed by atoms with van der Waals surface area (Å²) in [6.45, 7) is 0. The lowest BCUT2D eigenvalue weighted by Gasteiger charge is -2.17. The molecule has 0 bridgehead atoms. The molecule has 0 aromatic heterocycles. The molecule has 27 heavy (non-hydrogen) atoms. The molecule has 0 heterocycles. The summed E-state index contributed by atoms with van der Waals surface area (Å²) < 4.78 is 0. The predicted octanol–water partition coefficient (Wildman–Crippen LogP) is 6.91. The number of benzene rings is 5. The fourth-order valence-corrected chi connectivity index (χ4v) is 4.05. The van der Waals surface area contributed by atoms with Crippen LogP contribution in [0.2, 0.25) is 0 Å². The number of hydrogen-bond donors (Lipinski definition) is 1. The van der Waals surface area contributed by atoms with E-state index in [1.165, 1.54) is 38.2 Å². The van der Waals surface area contributed by atoms with E-state index in [-0.39, 0.29) is 0 Å². The molecule has 1 heteroatoms. The van der Waals surface area contributed by atoms with Crippen LogP contribution in [0.25, 0.3) is 43.8 Å². The number of anilines is 1. The summed E-state index contributed by atoms with van der Waals surface area (Å²) in [7, 11) is 0. The highest BCUT2D eigenvalue weighted by Gasteiger charge is 2.15. The third-order valence-corrected chi connectivity index (χ3v) is 5.17. The SMILES string of the molecule is Nc1cccc(-c2c3ccccc3c(-c3ccccc3)c3ccccc23)c1. The van der Waals surface area contributed by atoms with Crippen LogP contribution in [-0.2, 0) is 0 Å². The second kappa shape index (κ2) is 6.30. The fraction of sp³-hybridized carbons (Fsp3) is 0. The minimum atomic E-state index is 0.785. The van der Waals surface area contributed by atoms with Gasteiger partial charge in [-0.2, -0.15) is 0 Å². The van der Waals surface area contributed by atoms with Crippen LogP contribution < -0.4 is 5.73 Å². The number of hydrogen-bond acceptors (Lipinski definition) is 1. The van der Waals surface area contributed by atoms with Gasteiger partial charge in [0.1, 0.15) is 0 Å². The molecule has 128 valence electrons. The van der Waals surface area contributed by atoms with Gasteiger partial charge in [-0.25, -0.2) is 0 Å². The summed E-state index contributed by atoms with van der Waals surface area (Å²) in [5, 5.41) is 5.03. The topological polar surface area (TPSA) is 26.0 Å². The molecule has 0 saturated carbocycles. The lowest BCUT2D eigenvalue weighted by atomic mass is 9.86. The zero-order chi connectivity index (χ0) is 18.2. The lowest BCUT2D eigenvalue weighted by Crippen LogP contribution is -1.91. The Morgan fingerprint density at radius 3 is 1.37 bits per heavy atom. The summed E-state index contributed by atoms with van der Waals surface area (Å²) in [6.07, 6.45) is 0. The molecule has 0 saturated heterocycles. The van der Waals surface area contributed by atoms with Gasteiger partial charge in [-0.15, -0.1) is 0 Å². The maximum Gasteiger partial charge on any atom is 0.0320 e. The van der Waals surface area contributed by atoms with E-state index in [1.54, 1.807) is 0 Å². The van der Waals surface area contributed by atoms with Crippen molar-refractivity contribution >= 4 is 27.2 Å². The maximum absolute atomic E-state index is 6.11. The Labute approximate surface area is 158 Å². The molecular formula is C26H19N. The number of nitrogens with two attached hydrogens (primary N) is 1. The Bertz CT molecular complexity index is 1210. The molecule has 0 radical (unpaired) electrons.